The van der Waals surface area contributed by atoms with Gasteiger partial charge < -0.3 is 50.5 Å². The van der Waals surface area contributed by atoms with Crippen molar-refractivity contribution in [1.82, 2.24) is 5.32 Å². The predicted molar refractivity (Wildman–Crippen MR) is 243 cm³/mol. The molecule has 9 atom stereocenters. The molecule has 0 spiro atoms. The molecule has 0 aromatic rings. The molecule has 11 heteroatoms. The molecule has 0 bridgehead atoms. The summed E-state index contributed by atoms with van der Waals surface area (Å²) in [4.78, 5) is 13.1. The minimum absolute atomic E-state index is 0.258. The zero-order valence-corrected chi connectivity index (χ0v) is 38.5. The topological polar surface area (TPSA) is 189 Å². The Morgan fingerprint density at radius 1 is 0.567 bits per heavy atom. The number of carbonyl (C=O) groups is 1. The van der Waals surface area contributed by atoms with Crippen LogP contribution in [0.15, 0.2) is 12.2 Å². The molecule has 1 fully saturated rings. The second-order valence-electron chi connectivity index (χ2n) is 17.9. The van der Waals surface area contributed by atoms with Gasteiger partial charge in [0.2, 0.25) is 5.91 Å². The fourth-order valence-corrected chi connectivity index (χ4v) is 8.15. The Morgan fingerprint density at radius 2 is 0.983 bits per heavy atom. The van der Waals surface area contributed by atoms with Crippen LogP contribution in [0.5, 0.6) is 0 Å². The molecular weight excluding hydrogens is 763 g/mol. The Kier molecular flexibility index (Phi) is 37.4. The van der Waals surface area contributed by atoms with Crippen LogP contribution >= 0.6 is 0 Å². The fraction of sp³-hybridized carbons (Fsp3) is 0.939. The Labute approximate surface area is 366 Å². The number of allylic oxidation sites excluding steroid dienone is 2. The third kappa shape index (κ3) is 28.5. The highest BCUT2D eigenvalue weighted by molar-refractivity contribution is 5.80. The minimum Gasteiger partial charge on any atom is -0.394 e. The Bertz CT molecular complexity index is 986. The van der Waals surface area contributed by atoms with Crippen molar-refractivity contribution in [3.05, 3.63) is 12.2 Å². The number of nitrogens with one attached hydrogen (secondary N) is 1. The first-order valence-corrected chi connectivity index (χ1v) is 25.1. The Hall–Kier alpha value is -1.15. The van der Waals surface area contributed by atoms with Gasteiger partial charge in [-0.3, -0.25) is 4.79 Å². The van der Waals surface area contributed by atoms with Crippen LogP contribution in [0.2, 0.25) is 0 Å². The molecule has 0 saturated carbocycles. The van der Waals surface area contributed by atoms with E-state index < -0.39 is 74.2 Å². The largest absolute Gasteiger partial charge is 0.394 e. The van der Waals surface area contributed by atoms with Crippen molar-refractivity contribution < 1.29 is 50.0 Å². The smallest absolute Gasteiger partial charge is 0.249 e. The van der Waals surface area contributed by atoms with E-state index in [0.717, 1.165) is 38.5 Å². The van der Waals surface area contributed by atoms with Gasteiger partial charge in [0, 0.05) is 0 Å². The van der Waals surface area contributed by atoms with Crippen molar-refractivity contribution in [2.75, 3.05) is 13.2 Å². The molecule has 11 nitrogen and oxygen atoms in total. The number of ether oxygens (including phenoxy) is 2. The highest BCUT2D eigenvalue weighted by Gasteiger charge is 2.44. The van der Waals surface area contributed by atoms with Gasteiger partial charge in [-0.15, -0.1) is 0 Å². The molecular formula is C49H95NO10. The quantitative estimate of drug-likeness (QED) is 0.0218. The maximum Gasteiger partial charge on any atom is 0.249 e. The summed E-state index contributed by atoms with van der Waals surface area (Å²) >= 11 is 0. The summed E-state index contributed by atoms with van der Waals surface area (Å²) in [5.41, 5.74) is 0. The van der Waals surface area contributed by atoms with Crippen molar-refractivity contribution in [3.8, 4) is 0 Å². The molecule has 1 aliphatic rings. The van der Waals surface area contributed by atoms with Gasteiger partial charge >= 0.3 is 0 Å². The summed E-state index contributed by atoms with van der Waals surface area (Å²) in [6.45, 7) is 3.43. The third-order valence-electron chi connectivity index (χ3n) is 12.3. The van der Waals surface area contributed by atoms with E-state index in [1.807, 2.05) is 0 Å². The third-order valence-corrected chi connectivity index (χ3v) is 12.3. The van der Waals surface area contributed by atoms with Crippen molar-refractivity contribution in [2.45, 2.75) is 281 Å². The number of rotatable bonds is 42. The molecule has 1 rings (SSSR count). The van der Waals surface area contributed by atoms with Crippen molar-refractivity contribution in [3.63, 3.8) is 0 Å². The standard InChI is InChI=1S/C49H95NO10/c1-3-5-7-9-11-13-15-16-17-18-19-20-21-22-23-24-25-27-28-30-32-34-36-41(52)44(54)40(39-59-49-47(57)46(56)45(55)43(38-51)60-49)50-48(58)42(53)37-35-33-31-29-26-14-12-10-8-6-4-2/h28,30,40-47,49,51-57H,3-27,29,31-39H2,1-2H3,(H,50,58)/b30-28+. The van der Waals surface area contributed by atoms with E-state index in [2.05, 4.69) is 31.3 Å². The van der Waals surface area contributed by atoms with E-state index in [9.17, 15) is 40.5 Å². The second kappa shape index (κ2) is 39.4. The van der Waals surface area contributed by atoms with E-state index in [1.165, 1.54) is 148 Å². The maximum absolute atomic E-state index is 13.1. The highest BCUT2D eigenvalue weighted by Crippen LogP contribution is 2.23. The van der Waals surface area contributed by atoms with Crippen LogP contribution in [0, 0.1) is 0 Å². The molecule has 0 radical (unpaired) electrons. The fourth-order valence-electron chi connectivity index (χ4n) is 8.15. The SMILES string of the molecule is CCCCCCCCCCCCCCCCCCC/C=C/CCCC(O)C(O)C(COC1OC(CO)C(O)C(O)C1O)NC(=O)C(O)CCCCCCCCCCCCC. The van der Waals surface area contributed by atoms with Gasteiger partial charge in [-0.1, -0.05) is 199 Å². The van der Waals surface area contributed by atoms with Gasteiger partial charge in [-0.2, -0.15) is 0 Å². The number of carbonyl (C=O) groups excluding carboxylic acids is 1. The van der Waals surface area contributed by atoms with Gasteiger partial charge in [-0.05, 0) is 38.5 Å². The zero-order chi connectivity index (χ0) is 44.1. The first-order chi connectivity index (χ1) is 29.2. The van der Waals surface area contributed by atoms with Crippen LogP contribution in [0.25, 0.3) is 0 Å². The zero-order valence-electron chi connectivity index (χ0n) is 38.5. The molecule has 1 amide bonds. The Morgan fingerprint density at radius 3 is 1.43 bits per heavy atom. The van der Waals surface area contributed by atoms with Crippen LogP contribution in [0.4, 0.5) is 0 Å². The first-order valence-electron chi connectivity index (χ1n) is 25.1. The lowest BCUT2D eigenvalue weighted by atomic mass is 9.98. The van der Waals surface area contributed by atoms with Crippen LogP contribution in [-0.2, 0) is 14.3 Å². The van der Waals surface area contributed by atoms with Crippen LogP contribution in [0.3, 0.4) is 0 Å². The van der Waals surface area contributed by atoms with E-state index in [0.29, 0.717) is 12.8 Å². The first kappa shape index (κ1) is 56.9. The molecule has 1 aliphatic heterocycles. The lowest BCUT2D eigenvalue weighted by molar-refractivity contribution is -0.303. The van der Waals surface area contributed by atoms with Crippen molar-refractivity contribution >= 4 is 5.91 Å². The number of hydrogen-bond acceptors (Lipinski definition) is 10. The summed E-state index contributed by atoms with van der Waals surface area (Å²) in [5, 5.41) is 75.7. The molecule has 1 saturated heterocycles. The average Bonchev–Trinajstić information content (AvgIpc) is 3.25. The van der Waals surface area contributed by atoms with Crippen LogP contribution in [-0.4, -0.2) is 110 Å². The summed E-state index contributed by atoms with van der Waals surface area (Å²) in [6.07, 6.45) is 31.3. The van der Waals surface area contributed by atoms with Gasteiger partial charge in [-0.25, -0.2) is 0 Å². The predicted octanol–water partition coefficient (Wildman–Crippen LogP) is 8.84. The van der Waals surface area contributed by atoms with Gasteiger partial charge in [0.1, 0.15) is 36.6 Å². The van der Waals surface area contributed by atoms with Crippen molar-refractivity contribution in [1.29, 1.82) is 0 Å². The number of unbranched alkanes of at least 4 members (excludes halogenated alkanes) is 28. The lowest BCUT2D eigenvalue weighted by Crippen LogP contribution is -2.60. The van der Waals surface area contributed by atoms with E-state index >= 15 is 0 Å². The molecule has 1 heterocycles. The second-order valence-corrected chi connectivity index (χ2v) is 17.9. The Balaban J connectivity index is 2.38. The average molecular weight is 858 g/mol. The van der Waals surface area contributed by atoms with Crippen molar-refractivity contribution in [2.24, 2.45) is 0 Å². The number of amides is 1. The van der Waals surface area contributed by atoms with E-state index in [4.69, 9.17) is 9.47 Å². The lowest BCUT2D eigenvalue weighted by Gasteiger charge is -2.40. The summed E-state index contributed by atoms with van der Waals surface area (Å²) in [7, 11) is 0. The summed E-state index contributed by atoms with van der Waals surface area (Å²) < 4.78 is 11.1. The molecule has 356 valence electrons. The monoisotopic (exact) mass is 858 g/mol. The van der Waals surface area contributed by atoms with Crippen LogP contribution < -0.4 is 5.32 Å². The van der Waals surface area contributed by atoms with E-state index in [-0.39, 0.29) is 12.8 Å². The minimum atomic E-state index is -1.66. The molecule has 8 N–H and O–H groups in total. The molecule has 0 aromatic heterocycles. The summed E-state index contributed by atoms with van der Waals surface area (Å²) in [6, 6.07) is -1.18. The number of aliphatic hydroxyl groups is 7. The number of hydrogen-bond donors (Lipinski definition) is 8. The number of aliphatic hydroxyl groups excluding tert-OH is 7. The van der Waals surface area contributed by atoms with Crippen LogP contribution in [0.1, 0.15) is 226 Å². The maximum atomic E-state index is 13.1. The van der Waals surface area contributed by atoms with Gasteiger partial charge in [0.05, 0.1) is 25.4 Å². The molecule has 9 unspecified atom stereocenters. The normalized spacial score (nSPS) is 21.6. The molecule has 0 aliphatic carbocycles. The van der Waals surface area contributed by atoms with Gasteiger partial charge in [0.25, 0.3) is 0 Å². The molecule has 60 heavy (non-hydrogen) atoms. The summed E-state index contributed by atoms with van der Waals surface area (Å²) in [5.74, 6) is -0.706. The van der Waals surface area contributed by atoms with E-state index in [1.54, 1.807) is 0 Å². The highest BCUT2D eigenvalue weighted by atomic mass is 16.7. The van der Waals surface area contributed by atoms with Gasteiger partial charge in [0.15, 0.2) is 6.29 Å². The molecule has 0 aromatic carbocycles.